The number of ether oxygens (including phenoxy) is 1. The summed E-state index contributed by atoms with van der Waals surface area (Å²) in [4.78, 5) is 0. The van der Waals surface area contributed by atoms with E-state index in [1.165, 1.54) is 31.2 Å². The van der Waals surface area contributed by atoms with Crippen LogP contribution >= 0.6 is 0 Å². The Kier molecular flexibility index (Phi) is 4.03. The van der Waals surface area contributed by atoms with Gasteiger partial charge in [-0.2, -0.15) is 0 Å². The lowest BCUT2D eigenvalue weighted by molar-refractivity contribution is 0.144. The summed E-state index contributed by atoms with van der Waals surface area (Å²) in [7, 11) is 0. The van der Waals surface area contributed by atoms with Crippen molar-refractivity contribution in [2.45, 2.75) is 44.6 Å². The summed E-state index contributed by atoms with van der Waals surface area (Å²) in [5.74, 6) is 0.457. The highest BCUT2D eigenvalue weighted by molar-refractivity contribution is 5.26. The van der Waals surface area contributed by atoms with Gasteiger partial charge >= 0.3 is 0 Å². The molecule has 0 amide bonds. The molecule has 16 heavy (non-hydrogen) atoms. The second kappa shape index (κ2) is 5.74. The van der Waals surface area contributed by atoms with Crippen molar-refractivity contribution < 1.29 is 4.74 Å². The fourth-order valence-electron chi connectivity index (χ4n) is 2.28. The van der Waals surface area contributed by atoms with Crippen molar-refractivity contribution >= 4 is 0 Å². The van der Waals surface area contributed by atoms with Gasteiger partial charge in [-0.1, -0.05) is 50.1 Å². The molecule has 0 spiro atoms. The van der Waals surface area contributed by atoms with E-state index < -0.39 is 0 Å². The molecule has 2 atom stereocenters. The van der Waals surface area contributed by atoms with Gasteiger partial charge in [0, 0.05) is 5.92 Å². The van der Waals surface area contributed by atoms with Crippen LogP contribution < -0.4 is 0 Å². The molecule has 0 saturated carbocycles. The molecule has 0 N–H and O–H groups in total. The van der Waals surface area contributed by atoms with E-state index in [9.17, 15) is 0 Å². The maximum absolute atomic E-state index is 5.69. The Morgan fingerprint density at radius 1 is 1.12 bits per heavy atom. The van der Waals surface area contributed by atoms with Crippen LogP contribution in [0.25, 0.3) is 0 Å². The highest BCUT2D eigenvalue weighted by Gasteiger charge is 2.25. The molecule has 1 aliphatic heterocycles. The van der Waals surface area contributed by atoms with Crippen molar-refractivity contribution in [1.29, 1.82) is 0 Å². The summed E-state index contributed by atoms with van der Waals surface area (Å²) in [5, 5.41) is 0. The maximum atomic E-state index is 5.69. The first-order valence-electron chi connectivity index (χ1n) is 6.29. The van der Waals surface area contributed by atoms with E-state index in [0.717, 1.165) is 0 Å². The second-order valence-electron chi connectivity index (χ2n) is 4.44. The van der Waals surface area contributed by atoms with Crippen molar-refractivity contribution in [1.82, 2.24) is 0 Å². The predicted molar refractivity (Wildman–Crippen MR) is 67.3 cm³/mol. The highest BCUT2D eigenvalue weighted by atomic mass is 16.5. The summed E-state index contributed by atoms with van der Waals surface area (Å²) < 4.78 is 5.69. The zero-order valence-corrected chi connectivity index (χ0v) is 9.93. The van der Waals surface area contributed by atoms with E-state index in [0.29, 0.717) is 12.0 Å². The molecule has 1 nitrogen and oxygen atoms in total. The molecular formula is C15H20O. The topological polar surface area (TPSA) is 9.23 Å². The zero-order chi connectivity index (χ0) is 11.2. The third-order valence-electron chi connectivity index (χ3n) is 3.22. The Labute approximate surface area is 98.1 Å². The number of rotatable bonds is 5. The van der Waals surface area contributed by atoms with Crippen LogP contribution in [-0.2, 0) is 4.74 Å². The minimum Gasteiger partial charge on any atom is -0.497 e. The molecule has 0 aromatic heterocycles. The van der Waals surface area contributed by atoms with Crippen LogP contribution in [-0.4, -0.2) is 6.10 Å². The molecule has 1 heteroatoms. The molecule has 2 rings (SSSR count). The van der Waals surface area contributed by atoms with Crippen molar-refractivity contribution in [2.24, 2.45) is 0 Å². The molecule has 2 unspecified atom stereocenters. The van der Waals surface area contributed by atoms with Crippen molar-refractivity contribution in [3.63, 3.8) is 0 Å². The van der Waals surface area contributed by atoms with E-state index in [1.54, 1.807) is 0 Å². The normalized spacial score (nSPS) is 23.3. The van der Waals surface area contributed by atoms with Gasteiger partial charge in [0.25, 0.3) is 0 Å². The molecule has 1 heterocycles. The fraction of sp³-hybridized carbons (Fsp3) is 0.467. The van der Waals surface area contributed by atoms with Gasteiger partial charge in [0.15, 0.2) is 0 Å². The van der Waals surface area contributed by atoms with Gasteiger partial charge in [-0.15, -0.1) is 0 Å². The molecule has 0 bridgehead atoms. The lowest BCUT2D eigenvalue weighted by Gasteiger charge is -2.18. The molecular weight excluding hydrogens is 196 g/mol. The highest BCUT2D eigenvalue weighted by Crippen LogP contribution is 2.31. The number of hydrogen-bond acceptors (Lipinski definition) is 1. The van der Waals surface area contributed by atoms with Crippen LogP contribution in [0.15, 0.2) is 42.7 Å². The minimum atomic E-state index is 0.356. The second-order valence-corrected chi connectivity index (χ2v) is 4.44. The van der Waals surface area contributed by atoms with Gasteiger partial charge < -0.3 is 4.74 Å². The van der Waals surface area contributed by atoms with Gasteiger partial charge in [-0.05, 0) is 24.5 Å². The van der Waals surface area contributed by atoms with Gasteiger partial charge in [-0.25, -0.2) is 0 Å². The van der Waals surface area contributed by atoms with Gasteiger partial charge in [-0.3, -0.25) is 0 Å². The zero-order valence-electron chi connectivity index (χ0n) is 9.93. The Hall–Kier alpha value is -1.24. The van der Waals surface area contributed by atoms with Crippen LogP contribution in [0.3, 0.4) is 0 Å². The summed E-state index contributed by atoms with van der Waals surface area (Å²) in [6.07, 6.45) is 9.43. The van der Waals surface area contributed by atoms with Crippen LogP contribution in [0.4, 0.5) is 0 Å². The number of hydrogen-bond donors (Lipinski definition) is 0. The first kappa shape index (κ1) is 11.3. The lowest BCUT2D eigenvalue weighted by atomic mass is 9.91. The molecule has 1 aromatic carbocycles. The van der Waals surface area contributed by atoms with Crippen molar-refractivity contribution in [3.8, 4) is 0 Å². The largest absolute Gasteiger partial charge is 0.497 e. The van der Waals surface area contributed by atoms with E-state index in [1.807, 2.05) is 6.26 Å². The summed E-state index contributed by atoms with van der Waals surface area (Å²) in [5.41, 5.74) is 1.37. The Bertz CT molecular complexity index is 329. The lowest BCUT2D eigenvalue weighted by Crippen LogP contribution is -2.14. The van der Waals surface area contributed by atoms with E-state index in [4.69, 9.17) is 4.74 Å². The number of benzene rings is 1. The Morgan fingerprint density at radius 3 is 2.69 bits per heavy atom. The number of unbranched alkanes of at least 4 members (excludes halogenated alkanes) is 2. The smallest absolute Gasteiger partial charge is 0.108 e. The summed E-state index contributed by atoms with van der Waals surface area (Å²) in [6.45, 7) is 2.24. The standard InChI is InChI=1S/C15H20O/c1-2-3-5-10-15-14(11-12-16-15)13-8-6-4-7-9-13/h4,6-9,11-12,14-15H,2-3,5,10H2,1H3. The van der Waals surface area contributed by atoms with Gasteiger partial charge in [0.05, 0.1) is 6.26 Å². The van der Waals surface area contributed by atoms with E-state index in [2.05, 4.69) is 43.3 Å². The maximum Gasteiger partial charge on any atom is 0.108 e. The molecule has 0 saturated heterocycles. The molecule has 0 aliphatic carbocycles. The van der Waals surface area contributed by atoms with Crippen LogP contribution in [0.1, 0.15) is 44.1 Å². The van der Waals surface area contributed by atoms with Crippen molar-refractivity contribution in [2.75, 3.05) is 0 Å². The first-order chi connectivity index (χ1) is 7.92. The quantitative estimate of drug-likeness (QED) is 0.668. The first-order valence-corrected chi connectivity index (χ1v) is 6.29. The third kappa shape index (κ3) is 2.66. The minimum absolute atomic E-state index is 0.356. The molecule has 0 fully saturated rings. The predicted octanol–water partition coefficient (Wildman–Crippen LogP) is 4.26. The molecule has 1 aromatic rings. The van der Waals surface area contributed by atoms with Gasteiger partial charge in [0.2, 0.25) is 0 Å². The monoisotopic (exact) mass is 216 g/mol. The molecule has 86 valence electrons. The molecule has 0 radical (unpaired) electrons. The summed E-state index contributed by atoms with van der Waals surface area (Å²) >= 11 is 0. The third-order valence-corrected chi connectivity index (χ3v) is 3.22. The molecule has 1 aliphatic rings. The fourth-order valence-corrected chi connectivity index (χ4v) is 2.28. The van der Waals surface area contributed by atoms with Crippen LogP contribution in [0.2, 0.25) is 0 Å². The van der Waals surface area contributed by atoms with Crippen LogP contribution in [0, 0.1) is 0 Å². The average Bonchev–Trinajstić information content (AvgIpc) is 2.79. The summed E-state index contributed by atoms with van der Waals surface area (Å²) in [6, 6.07) is 10.7. The van der Waals surface area contributed by atoms with E-state index in [-0.39, 0.29) is 0 Å². The Morgan fingerprint density at radius 2 is 1.94 bits per heavy atom. The average molecular weight is 216 g/mol. The van der Waals surface area contributed by atoms with Crippen molar-refractivity contribution in [3.05, 3.63) is 48.2 Å². The van der Waals surface area contributed by atoms with Crippen LogP contribution in [0.5, 0.6) is 0 Å². The van der Waals surface area contributed by atoms with Gasteiger partial charge in [0.1, 0.15) is 6.10 Å². The van der Waals surface area contributed by atoms with E-state index >= 15 is 0 Å². The Balaban J connectivity index is 1.95. The SMILES string of the molecule is CCCCCC1OC=CC1c1ccccc1.